The lowest BCUT2D eigenvalue weighted by Gasteiger charge is -2.21. The Balaban J connectivity index is 1.54. The van der Waals surface area contributed by atoms with Crippen LogP contribution in [-0.4, -0.2) is 31.9 Å². The number of carbonyl (C=O) groups is 2. The number of esters is 1. The van der Waals surface area contributed by atoms with Crippen LogP contribution in [0, 0.1) is 0 Å². The molecule has 0 aliphatic heterocycles. The lowest BCUT2D eigenvalue weighted by Crippen LogP contribution is -2.30. The normalized spacial score (nSPS) is 17.1. The van der Waals surface area contributed by atoms with Gasteiger partial charge >= 0.3 is 5.97 Å². The van der Waals surface area contributed by atoms with Crippen molar-refractivity contribution in [2.45, 2.75) is 64.3 Å². The highest BCUT2D eigenvalue weighted by molar-refractivity contribution is 8.04. The van der Waals surface area contributed by atoms with Crippen molar-refractivity contribution in [2.75, 3.05) is 5.75 Å². The molecule has 0 radical (unpaired) electrons. The summed E-state index contributed by atoms with van der Waals surface area (Å²) in [6.07, 6.45) is 6.86. The van der Waals surface area contributed by atoms with Crippen molar-refractivity contribution in [3.63, 3.8) is 0 Å². The van der Waals surface area contributed by atoms with Crippen LogP contribution < -0.4 is 4.74 Å². The van der Waals surface area contributed by atoms with Gasteiger partial charge in [0.05, 0.1) is 6.10 Å². The lowest BCUT2D eigenvalue weighted by molar-refractivity contribution is -0.134. The van der Waals surface area contributed by atoms with Gasteiger partial charge in [-0.3, -0.25) is 9.59 Å². The minimum Gasteiger partial charge on any atom is -0.427 e. The quantitative estimate of drug-likeness (QED) is 0.214. The van der Waals surface area contributed by atoms with Crippen LogP contribution in [0.25, 0.3) is 0 Å². The van der Waals surface area contributed by atoms with Gasteiger partial charge < -0.3 is 9.16 Å². The first kappa shape index (κ1) is 21.9. The number of hydrogen-bond donors (Lipinski definition) is 0. The summed E-state index contributed by atoms with van der Waals surface area (Å²) in [5, 5.41) is 0. The predicted molar refractivity (Wildman–Crippen MR) is 114 cm³/mol. The Morgan fingerprint density at radius 3 is 2.52 bits per heavy atom. The Labute approximate surface area is 167 Å². The maximum Gasteiger partial charge on any atom is 0.311 e. The third kappa shape index (κ3) is 8.91. The Bertz CT molecular complexity index is 652. The summed E-state index contributed by atoms with van der Waals surface area (Å²) in [5.41, 5.74) is 0. The molecule has 148 valence electrons. The summed E-state index contributed by atoms with van der Waals surface area (Å²) < 4.78 is 11.3. The molecule has 0 N–H and O–H groups in total. The van der Waals surface area contributed by atoms with Crippen LogP contribution >= 0.6 is 11.8 Å². The third-order valence-corrected chi connectivity index (χ3v) is 6.19. The number of ether oxygens (including phenoxy) is 1. The number of allylic oxidation sites excluding steroid dienone is 1. The van der Waals surface area contributed by atoms with Crippen molar-refractivity contribution >= 4 is 31.8 Å². The second-order valence-corrected chi connectivity index (χ2v) is 13.3. The first-order chi connectivity index (χ1) is 12.8. The molecule has 0 saturated heterocycles. The Hall–Kier alpha value is -1.37. The van der Waals surface area contributed by atoms with Gasteiger partial charge in [-0.1, -0.05) is 31.0 Å². The van der Waals surface area contributed by atoms with Crippen molar-refractivity contribution < 1.29 is 18.8 Å². The van der Waals surface area contributed by atoms with Crippen LogP contribution in [0.15, 0.2) is 41.3 Å². The largest absolute Gasteiger partial charge is 0.427 e. The van der Waals surface area contributed by atoms with Crippen LogP contribution in [0.5, 0.6) is 5.75 Å². The number of carbonyl (C=O) groups excluding carboxylic acids is 2. The van der Waals surface area contributed by atoms with Gasteiger partial charge in [0.25, 0.3) is 0 Å². The molecule has 0 heterocycles. The van der Waals surface area contributed by atoms with Gasteiger partial charge in [-0.15, -0.1) is 11.8 Å². The molecule has 0 aromatic heterocycles. The van der Waals surface area contributed by atoms with Crippen molar-refractivity contribution in [3.05, 3.63) is 41.3 Å². The highest BCUT2D eigenvalue weighted by Gasteiger charge is 2.28. The zero-order valence-electron chi connectivity index (χ0n) is 16.5. The molecule has 0 amide bonds. The molecule has 1 aliphatic carbocycles. The van der Waals surface area contributed by atoms with Crippen molar-refractivity contribution in [3.8, 4) is 5.75 Å². The van der Waals surface area contributed by atoms with Crippen molar-refractivity contribution in [1.29, 1.82) is 0 Å². The van der Waals surface area contributed by atoms with E-state index in [4.69, 9.17) is 9.16 Å². The molecule has 0 fully saturated rings. The summed E-state index contributed by atoms with van der Waals surface area (Å²) >= 11 is 1.64. The minimum absolute atomic E-state index is 0.0257. The molecule has 1 aromatic rings. The molecular formula is C21H30O4SSi. The molecule has 0 saturated carbocycles. The number of para-hydroxylation sites is 1. The second kappa shape index (κ2) is 10.8. The smallest absolute Gasteiger partial charge is 0.311 e. The fraction of sp³-hybridized carbons (Fsp3) is 0.524. The second-order valence-electron chi connectivity index (χ2n) is 7.73. The van der Waals surface area contributed by atoms with Gasteiger partial charge in [0, 0.05) is 17.7 Å². The summed E-state index contributed by atoms with van der Waals surface area (Å²) in [5.74, 6) is 1.58. The van der Waals surface area contributed by atoms with E-state index in [0.717, 1.165) is 36.3 Å². The number of rotatable bonds is 11. The van der Waals surface area contributed by atoms with E-state index >= 15 is 0 Å². The van der Waals surface area contributed by atoms with Crippen LogP contribution in [0.1, 0.15) is 38.5 Å². The Morgan fingerprint density at radius 2 is 1.81 bits per heavy atom. The Morgan fingerprint density at radius 1 is 1.11 bits per heavy atom. The van der Waals surface area contributed by atoms with Gasteiger partial charge in [-0.05, 0) is 56.4 Å². The number of unbranched alkanes of at least 4 members (excludes halogenated alkanes) is 3. The summed E-state index contributed by atoms with van der Waals surface area (Å²) in [7, 11) is -1.61. The average Bonchev–Trinajstić information content (AvgIpc) is 2.92. The predicted octanol–water partition coefficient (Wildman–Crippen LogP) is 5.35. The van der Waals surface area contributed by atoms with E-state index in [2.05, 4.69) is 19.6 Å². The molecular weight excluding hydrogens is 376 g/mol. The number of Topliss-reactive ketones (excluding diaryl/α,β-unsaturated/α-hetero) is 1. The summed E-state index contributed by atoms with van der Waals surface area (Å²) in [6.45, 7) is 6.43. The highest BCUT2D eigenvalue weighted by atomic mass is 32.2. The van der Waals surface area contributed by atoms with Gasteiger partial charge in [0.1, 0.15) is 5.75 Å². The van der Waals surface area contributed by atoms with Crippen LogP contribution in [0.2, 0.25) is 19.6 Å². The Kier molecular flexibility index (Phi) is 8.79. The summed E-state index contributed by atoms with van der Waals surface area (Å²) in [4.78, 5) is 24.7. The van der Waals surface area contributed by atoms with E-state index in [-0.39, 0.29) is 17.9 Å². The minimum atomic E-state index is -1.61. The third-order valence-electron chi connectivity index (χ3n) is 4.01. The average molecular weight is 407 g/mol. The SMILES string of the molecule is C[Si](C)(C)OC1C=C(SCCCCCCC(=O)Oc2ccccc2)C(=O)C1. The van der Waals surface area contributed by atoms with E-state index in [9.17, 15) is 9.59 Å². The van der Waals surface area contributed by atoms with Crippen LogP contribution in [-0.2, 0) is 14.0 Å². The standard InChI is InChI=1S/C21H30O4SSi/c1-27(2,3)25-18-15-19(22)20(16-18)26-14-10-5-4-9-13-21(23)24-17-11-7-6-8-12-17/h6-8,11-12,16,18H,4-5,9-10,13-15H2,1-3H3. The lowest BCUT2D eigenvalue weighted by atomic mass is 10.1. The first-order valence-corrected chi connectivity index (χ1v) is 14.0. The van der Waals surface area contributed by atoms with Gasteiger partial charge in [-0.25, -0.2) is 0 Å². The van der Waals surface area contributed by atoms with E-state index in [1.807, 2.05) is 24.3 Å². The van der Waals surface area contributed by atoms with E-state index in [1.165, 1.54) is 0 Å². The van der Waals surface area contributed by atoms with E-state index in [1.54, 1.807) is 23.9 Å². The molecule has 0 spiro atoms. The molecule has 0 bridgehead atoms. The number of benzene rings is 1. The van der Waals surface area contributed by atoms with Gasteiger partial charge in [-0.2, -0.15) is 0 Å². The van der Waals surface area contributed by atoms with Crippen LogP contribution in [0.3, 0.4) is 0 Å². The summed E-state index contributed by atoms with van der Waals surface area (Å²) in [6, 6.07) is 9.17. The maximum absolute atomic E-state index is 12.1. The van der Waals surface area contributed by atoms with Crippen LogP contribution in [0.4, 0.5) is 0 Å². The number of hydrogen-bond acceptors (Lipinski definition) is 5. The molecule has 6 heteroatoms. The highest BCUT2D eigenvalue weighted by Crippen LogP contribution is 2.29. The van der Waals surface area contributed by atoms with E-state index in [0.29, 0.717) is 18.6 Å². The van der Waals surface area contributed by atoms with E-state index < -0.39 is 8.32 Å². The molecule has 2 rings (SSSR count). The molecule has 1 unspecified atom stereocenters. The molecule has 27 heavy (non-hydrogen) atoms. The fourth-order valence-electron chi connectivity index (χ4n) is 2.84. The van der Waals surface area contributed by atoms with Gasteiger partial charge in [0.15, 0.2) is 14.1 Å². The molecule has 4 nitrogen and oxygen atoms in total. The van der Waals surface area contributed by atoms with Crippen molar-refractivity contribution in [2.24, 2.45) is 0 Å². The zero-order chi connectivity index (χ0) is 19.7. The molecule has 1 aliphatic rings. The first-order valence-electron chi connectivity index (χ1n) is 9.65. The van der Waals surface area contributed by atoms with Crippen molar-refractivity contribution in [1.82, 2.24) is 0 Å². The van der Waals surface area contributed by atoms with Gasteiger partial charge in [0.2, 0.25) is 0 Å². The monoisotopic (exact) mass is 406 g/mol. The zero-order valence-corrected chi connectivity index (χ0v) is 18.3. The number of ketones is 1. The number of thioether (sulfide) groups is 1. The molecule has 1 atom stereocenters. The topological polar surface area (TPSA) is 52.6 Å². The maximum atomic E-state index is 12.1. The fourth-order valence-corrected chi connectivity index (χ4v) is 4.96. The molecule has 1 aromatic carbocycles.